The van der Waals surface area contributed by atoms with Crippen molar-refractivity contribution in [1.82, 2.24) is 4.90 Å². The van der Waals surface area contributed by atoms with Crippen LogP contribution in [0, 0.1) is 0 Å². The van der Waals surface area contributed by atoms with Crippen LogP contribution < -0.4 is 0 Å². The molecule has 0 amide bonds. The van der Waals surface area contributed by atoms with E-state index in [0.717, 1.165) is 12.1 Å². The summed E-state index contributed by atoms with van der Waals surface area (Å²) in [6.07, 6.45) is -12.4. The van der Waals surface area contributed by atoms with E-state index in [2.05, 4.69) is 0 Å². The summed E-state index contributed by atoms with van der Waals surface area (Å²) in [6, 6.07) is 4.15. The maximum absolute atomic E-state index is 13.6. The Bertz CT molecular complexity index is 926. The van der Waals surface area contributed by atoms with Gasteiger partial charge < -0.3 is 0 Å². The van der Waals surface area contributed by atoms with Crippen molar-refractivity contribution in [3.8, 4) is 0 Å². The lowest BCUT2D eigenvalue weighted by atomic mass is 9.89. The van der Waals surface area contributed by atoms with Crippen molar-refractivity contribution in [2.45, 2.75) is 56.8 Å². The summed E-state index contributed by atoms with van der Waals surface area (Å²) in [4.78, 5) is 1.64. The lowest BCUT2D eigenvalue weighted by Crippen LogP contribution is -2.36. The van der Waals surface area contributed by atoms with E-state index in [-0.39, 0.29) is 0 Å². The number of rotatable bonds is 3. The van der Waals surface area contributed by atoms with Gasteiger partial charge >= 0.3 is 18.5 Å². The molecule has 1 aliphatic heterocycles. The molecule has 1 unspecified atom stereocenters. The topological polar surface area (TPSA) is 3.24 Å². The summed E-state index contributed by atoms with van der Waals surface area (Å²) in [6.45, 7) is 1.70. The van der Waals surface area contributed by atoms with Crippen LogP contribution in [0.15, 0.2) is 42.5 Å². The van der Waals surface area contributed by atoms with Gasteiger partial charge in [0.15, 0.2) is 0 Å². The smallest absolute Gasteiger partial charge is 0.290 e. The highest BCUT2D eigenvalue weighted by molar-refractivity contribution is 5.38. The molecule has 176 valence electrons. The molecule has 32 heavy (non-hydrogen) atoms. The van der Waals surface area contributed by atoms with Gasteiger partial charge in [-0.3, -0.25) is 4.90 Å². The third kappa shape index (κ3) is 5.22. The first-order chi connectivity index (χ1) is 14.7. The molecule has 0 saturated carbocycles. The Hall–Kier alpha value is -2.23. The van der Waals surface area contributed by atoms with E-state index in [1.807, 2.05) is 0 Å². The number of hydrogen-bond acceptors (Lipinski definition) is 1. The zero-order valence-corrected chi connectivity index (χ0v) is 16.9. The number of piperidine rings is 1. The largest absolute Gasteiger partial charge is 0.416 e. The van der Waals surface area contributed by atoms with Crippen molar-refractivity contribution in [3.63, 3.8) is 0 Å². The zero-order chi connectivity index (χ0) is 23.9. The van der Waals surface area contributed by atoms with E-state index < -0.39 is 52.9 Å². The predicted octanol–water partition coefficient (Wildman–Crippen LogP) is 8.03. The first-order valence-electron chi connectivity index (χ1n) is 9.91. The summed E-state index contributed by atoms with van der Waals surface area (Å²) in [7, 11) is 0. The van der Waals surface area contributed by atoms with E-state index in [1.54, 1.807) is 4.90 Å². The second-order valence-corrected chi connectivity index (χ2v) is 7.84. The minimum absolute atomic E-state index is 0.306. The van der Waals surface area contributed by atoms with Gasteiger partial charge in [-0.15, -0.1) is 0 Å². The Kier molecular flexibility index (Phi) is 6.57. The number of hydrogen-bond donors (Lipinski definition) is 0. The molecule has 1 fully saturated rings. The Morgan fingerprint density at radius 3 is 1.84 bits per heavy atom. The first-order valence-corrected chi connectivity index (χ1v) is 9.91. The highest BCUT2D eigenvalue weighted by Gasteiger charge is 2.40. The van der Waals surface area contributed by atoms with Gasteiger partial charge in [-0.2, -0.15) is 39.5 Å². The second-order valence-electron chi connectivity index (χ2n) is 7.84. The van der Waals surface area contributed by atoms with Gasteiger partial charge in [-0.1, -0.05) is 18.6 Å². The van der Waals surface area contributed by atoms with Gasteiger partial charge in [0.05, 0.1) is 16.7 Å². The van der Waals surface area contributed by atoms with Gasteiger partial charge in [0.1, 0.15) is 0 Å². The molecule has 0 radical (unpaired) electrons. The van der Waals surface area contributed by atoms with Crippen LogP contribution in [-0.2, 0) is 18.5 Å². The molecule has 0 aromatic heterocycles. The highest BCUT2D eigenvalue weighted by Crippen LogP contribution is 2.44. The monoisotopic (exact) mass is 469 g/mol. The van der Waals surface area contributed by atoms with Crippen LogP contribution in [0.2, 0.25) is 0 Å². The summed E-state index contributed by atoms with van der Waals surface area (Å²) in [5, 5.41) is 0. The Morgan fingerprint density at radius 1 is 0.750 bits per heavy atom. The van der Waals surface area contributed by atoms with Gasteiger partial charge in [-0.25, -0.2) is 0 Å². The first kappa shape index (κ1) is 24.4. The van der Waals surface area contributed by atoms with Crippen LogP contribution in [0.4, 0.5) is 39.5 Å². The number of benzene rings is 2. The summed E-state index contributed by atoms with van der Waals surface area (Å²) in [5.74, 6) is 0. The summed E-state index contributed by atoms with van der Waals surface area (Å²) in [5.41, 5.74) is -3.23. The fourth-order valence-electron chi connectivity index (χ4n) is 4.19. The molecule has 3 rings (SSSR count). The highest BCUT2D eigenvalue weighted by atomic mass is 19.4. The molecular formula is C22H20F9N. The van der Waals surface area contributed by atoms with Crippen LogP contribution in [0.3, 0.4) is 0 Å². The van der Waals surface area contributed by atoms with Crippen LogP contribution in [0.25, 0.3) is 0 Å². The van der Waals surface area contributed by atoms with E-state index >= 15 is 0 Å². The minimum atomic E-state index is -4.85. The maximum Gasteiger partial charge on any atom is 0.416 e. The molecule has 10 heteroatoms. The maximum atomic E-state index is 13.6. The molecule has 0 bridgehead atoms. The molecule has 0 aliphatic carbocycles. The standard InChI is InChI=1S/C22H20F9N/c1-13(17-12-16(21(26,27)28)9-10-18(17)22(29,30)31)32-11-3-2-4-19(32)14-5-7-15(8-6-14)20(23,24)25/h5-10,12-13,19H,2-4,11H2,1H3/t13-,19?/m0/s1. The molecule has 1 nitrogen and oxygen atoms in total. The lowest BCUT2D eigenvalue weighted by Gasteiger charge is -2.41. The number of halogens is 9. The molecule has 1 aliphatic rings. The molecule has 0 spiro atoms. The number of nitrogens with zero attached hydrogens (tertiary/aromatic N) is 1. The predicted molar refractivity (Wildman–Crippen MR) is 99.6 cm³/mol. The normalized spacial score (nSPS) is 19.8. The quantitative estimate of drug-likeness (QED) is 0.412. The van der Waals surface area contributed by atoms with Gasteiger partial charge in [0, 0.05) is 12.1 Å². The molecule has 2 aromatic carbocycles. The zero-order valence-electron chi connectivity index (χ0n) is 16.9. The van der Waals surface area contributed by atoms with Crippen LogP contribution in [0.5, 0.6) is 0 Å². The summed E-state index contributed by atoms with van der Waals surface area (Å²) >= 11 is 0. The van der Waals surface area contributed by atoms with E-state index in [0.29, 0.717) is 49.6 Å². The number of alkyl halides is 9. The van der Waals surface area contributed by atoms with Crippen molar-refractivity contribution in [2.75, 3.05) is 6.54 Å². The minimum Gasteiger partial charge on any atom is -0.290 e. The fraction of sp³-hybridized carbons (Fsp3) is 0.455. The third-order valence-corrected chi connectivity index (χ3v) is 5.80. The van der Waals surface area contributed by atoms with Crippen molar-refractivity contribution in [1.29, 1.82) is 0 Å². The fourth-order valence-corrected chi connectivity index (χ4v) is 4.19. The van der Waals surface area contributed by atoms with Crippen molar-refractivity contribution >= 4 is 0 Å². The molecule has 2 atom stereocenters. The summed E-state index contributed by atoms with van der Waals surface area (Å²) < 4.78 is 119. The van der Waals surface area contributed by atoms with Crippen molar-refractivity contribution < 1.29 is 39.5 Å². The third-order valence-electron chi connectivity index (χ3n) is 5.80. The average Bonchev–Trinajstić information content (AvgIpc) is 2.71. The average molecular weight is 469 g/mol. The van der Waals surface area contributed by atoms with Gasteiger partial charge in [0.25, 0.3) is 0 Å². The van der Waals surface area contributed by atoms with E-state index in [4.69, 9.17) is 0 Å². The Labute approximate surface area is 178 Å². The molecule has 1 heterocycles. The Morgan fingerprint density at radius 2 is 1.31 bits per heavy atom. The molecular weight excluding hydrogens is 449 g/mol. The second kappa shape index (κ2) is 8.61. The number of likely N-dealkylation sites (tertiary alicyclic amines) is 1. The molecule has 1 saturated heterocycles. The van der Waals surface area contributed by atoms with Crippen molar-refractivity contribution in [2.24, 2.45) is 0 Å². The van der Waals surface area contributed by atoms with Crippen molar-refractivity contribution in [3.05, 3.63) is 70.3 Å². The lowest BCUT2D eigenvalue weighted by molar-refractivity contribution is -0.142. The van der Waals surface area contributed by atoms with Crippen LogP contribution in [0.1, 0.15) is 66.1 Å². The van der Waals surface area contributed by atoms with Crippen LogP contribution >= 0.6 is 0 Å². The van der Waals surface area contributed by atoms with E-state index in [1.165, 1.54) is 19.1 Å². The molecule has 2 aromatic rings. The Balaban J connectivity index is 2.01. The van der Waals surface area contributed by atoms with Gasteiger partial charge in [0.2, 0.25) is 0 Å². The van der Waals surface area contributed by atoms with E-state index in [9.17, 15) is 39.5 Å². The van der Waals surface area contributed by atoms with Gasteiger partial charge in [-0.05, 0) is 67.8 Å². The SMILES string of the molecule is C[C@@H](c1cc(C(F)(F)F)ccc1C(F)(F)F)N1CCCCC1c1ccc(C(F)(F)F)cc1. The van der Waals surface area contributed by atoms with Crippen LogP contribution in [-0.4, -0.2) is 11.4 Å². The molecule has 0 N–H and O–H groups in total.